The Kier molecular flexibility index (Phi) is 3.06. The molecular weight excluding hydrogens is 254 g/mol. The maximum atomic E-state index is 4.24. The van der Waals surface area contributed by atoms with E-state index in [1.165, 1.54) is 0 Å². The number of anilines is 2. The molecule has 1 N–H and O–H groups in total. The van der Waals surface area contributed by atoms with Gasteiger partial charge in [-0.15, -0.1) is 0 Å². The first-order chi connectivity index (χ1) is 7.29. The SMILES string of the molecule is CCn1ccnc1Nc1ccc(Br)cc1. The Morgan fingerprint density at radius 1 is 1.33 bits per heavy atom. The van der Waals surface area contributed by atoms with Crippen molar-refractivity contribution in [3.05, 3.63) is 41.1 Å². The number of rotatable bonds is 3. The standard InChI is InChI=1S/C11H12BrN3/c1-2-15-8-7-13-11(15)14-10-5-3-9(12)4-6-10/h3-8H,2H2,1H3,(H,13,14). The summed E-state index contributed by atoms with van der Waals surface area (Å²) in [6, 6.07) is 8.03. The highest BCUT2D eigenvalue weighted by molar-refractivity contribution is 9.10. The van der Waals surface area contributed by atoms with Gasteiger partial charge in [-0.25, -0.2) is 4.98 Å². The average molecular weight is 266 g/mol. The lowest BCUT2D eigenvalue weighted by molar-refractivity contribution is 0.772. The van der Waals surface area contributed by atoms with Gasteiger partial charge >= 0.3 is 0 Å². The number of hydrogen-bond acceptors (Lipinski definition) is 2. The number of benzene rings is 1. The summed E-state index contributed by atoms with van der Waals surface area (Å²) in [5.41, 5.74) is 1.04. The zero-order valence-corrected chi connectivity index (χ0v) is 10.0. The third-order valence-electron chi connectivity index (χ3n) is 2.16. The Balaban J connectivity index is 2.18. The van der Waals surface area contributed by atoms with Crippen molar-refractivity contribution in [2.24, 2.45) is 0 Å². The molecule has 0 saturated carbocycles. The van der Waals surface area contributed by atoms with E-state index >= 15 is 0 Å². The predicted molar refractivity (Wildman–Crippen MR) is 65.3 cm³/mol. The molecule has 0 amide bonds. The van der Waals surface area contributed by atoms with Crippen LogP contribution in [0.1, 0.15) is 6.92 Å². The third-order valence-corrected chi connectivity index (χ3v) is 2.69. The summed E-state index contributed by atoms with van der Waals surface area (Å²) in [6.45, 7) is 3.01. The monoisotopic (exact) mass is 265 g/mol. The van der Waals surface area contributed by atoms with Crippen LogP contribution in [0.5, 0.6) is 0 Å². The van der Waals surface area contributed by atoms with E-state index in [1.807, 2.05) is 30.5 Å². The highest BCUT2D eigenvalue weighted by Crippen LogP contribution is 2.17. The van der Waals surface area contributed by atoms with Crippen molar-refractivity contribution in [1.82, 2.24) is 9.55 Å². The molecule has 1 heterocycles. The molecule has 0 atom stereocenters. The first-order valence-electron chi connectivity index (χ1n) is 4.83. The van der Waals surface area contributed by atoms with Crippen LogP contribution in [0.4, 0.5) is 11.6 Å². The van der Waals surface area contributed by atoms with E-state index in [1.54, 1.807) is 6.20 Å². The zero-order chi connectivity index (χ0) is 10.7. The Morgan fingerprint density at radius 2 is 2.07 bits per heavy atom. The van der Waals surface area contributed by atoms with Crippen LogP contribution in [-0.4, -0.2) is 9.55 Å². The summed E-state index contributed by atoms with van der Waals surface area (Å²) in [5, 5.41) is 3.26. The minimum atomic E-state index is 0.875. The summed E-state index contributed by atoms with van der Waals surface area (Å²) in [7, 11) is 0. The van der Waals surface area contributed by atoms with Crippen molar-refractivity contribution in [1.29, 1.82) is 0 Å². The fraction of sp³-hybridized carbons (Fsp3) is 0.182. The molecule has 0 spiro atoms. The van der Waals surface area contributed by atoms with Gasteiger partial charge in [0.25, 0.3) is 0 Å². The van der Waals surface area contributed by atoms with Crippen molar-refractivity contribution in [2.45, 2.75) is 13.5 Å². The Labute approximate surface area is 97.3 Å². The second-order valence-corrected chi connectivity index (χ2v) is 4.08. The van der Waals surface area contributed by atoms with E-state index in [0.29, 0.717) is 0 Å². The third kappa shape index (κ3) is 2.39. The van der Waals surface area contributed by atoms with Gasteiger partial charge in [-0.1, -0.05) is 15.9 Å². The van der Waals surface area contributed by atoms with E-state index in [0.717, 1.165) is 22.7 Å². The van der Waals surface area contributed by atoms with Gasteiger partial charge in [-0.3, -0.25) is 0 Å². The lowest BCUT2D eigenvalue weighted by Gasteiger charge is -2.07. The molecule has 0 aliphatic carbocycles. The van der Waals surface area contributed by atoms with Gasteiger partial charge in [-0.05, 0) is 31.2 Å². The molecule has 1 aromatic heterocycles. The van der Waals surface area contributed by atoms with E-state index in [-0.39, 0.29) is 0 Å². The molecule has 0 fully saturated rings. The van der Waals surface area contributed by atoms with Gasteiger partial charge in [0, 0.05) is 29.1 Å². The quantitative estimate of drug-likeness (QED) is 0.922. The first kappa shape index (κ1) is 10.2. The zero-order valence-electron chi connectivity index (χ0n) is 8.44. The molecule has 4 heteroatoms. The number of imidazole rings is 1. The molecule has 0 unspecified atom stereocenters. The number of nitrogens with zero attached hydrogens (tertiary/aromatic N) is 2. The second kappa shape index (κ2) is 4.49. The Morgan fingerprint density at radius 3 is 2.73 bits per heavy atom. The molecule has 0 saturated heterocycles. The lowest BCUT2D eigenvalue weighted by Crippen LogP contribution is -2.00. The minimum Gasteiger partial charge on any atom is -0.326 e. The van der Waals surface area contributed by atoms with Gasteiger partial charge in [0.2, 0.25) is 5.95 Å². The smallest absolute Gasteiger partial charge is 0.207 e. The van der Waals surface area contributed by atoms with Crippen LogP contribution < -0.4 is 5.32 Å². The molecule has 15 heavy (non-hydrogen) atoms. The summed E-state index contributed by atoms with van der Waals surface area (Å²) in [4.78, 5) is 4.24. The Hall–Kier alpha value is -1.29. The van der Waals surface area contributed by atoms with Crippen LogP contribution in [0.25, 0.3) is 0 Å². The molecule has 3 nitrogen and oxygen atoms in total. The number of aromatic nitrogens is 2. The Bertz CT molecular complexity index is 433. The topological polar surface area (TPSA) is 29.9 Å². The molecule has 2 aromatic rings. The second-order valence-electron chi connectivity index (χ2n) is 3.17. The van der Waals surface area contributed by atoms with Crippen molar-refractivity contribution in [3.63, 3.8) is 0 Å². The van der Waals surface area contributed by atoms with Crippen molar-refractivity contribution in [2.75, 3.05) is 5.32 Å². The van der Waals surface area contributed by atoms with Gasteiger partial charge in [0.15, 0.2) is 0 Å². The molecule has 1 aromatic carbocycles. The molecule has 0 aliphatic rings. The number of nitrogens with one attached hydrogen (secondary N) is 1. The van der Waals surface area contributed by atoms with Crippen molar-refractivity contribution in [3.8, 4) is 0 Å². The highest BCUT2D eigenvalue weighted by Gasteiger charge is 2.00. The normalized spacial score (nSPS) is 10.3. The molecule has 0 bridgehead atoms. The molecule has 0 radical (unpaired) electrons. The van der Waals surface area contributed by atoms with Crippen molar-refractivity contribution < 1.29 is 0 Å². The molecular formula is C11H12BrN3. The van der Waals surface area contributed by atoms with Gasteiger partial charge < -0.3 is 9.88 Å². The molecule has 78 valence electrons. The average Bonchev–Trinajstić information content (AvgIpc) is 2.69. The van der Waals surface area contributed by atoms with Crippen LogP contribution in [0.2, 0.25) is 0 Å². The fourth-order valence-electron chi connectivity index (χ4n) is 1.35. The van der Waals surface area contributed by atoms with E-state index in [9.17, 15) is 0 Å². The maximum Gasteiger partial charge on any atom is 0.207 e. The summed E-state index contributed by atoms with van der Waals surface area (Å²) in [5.74, 6) is 0.875. The summed E-state index contributed by atoms with van der Waals surface area (Å²) in [6.07, 6.45) is 3.76. The summed E-state index contributed by atoms with van der Waals surface area (Å²) >= 11 is 3.40. The van der Waals surface area contributed by atoms with Gasteiger partial charge in [0.05, 0.1) is 0 Å². The van der Waals surface area contributed by atoms with Gasteiger partial charge in [-0.2, -0.15) is 0 Å². The van der Waals surface area contributed by atoms with E-state index in [4.69, 9.17) is 0 Å². The predicted octanol–water partition coefficient (Wildman–Crippen LogP) is 3.41. The van der Waals surface area contributed by atoms with Crippen LogP contribution in [0, 0.1) is 0 Å². The van der Waals surface area contributed by atoms with Crippen LogP contribution >= 0.6 is 15.9 Å². The van der Waals surface area contributed by atoms with E-state index in [2.05, 4.69) is 37.7 Å². The van der Waals surface area contributed by atoms with Crippen molar-refractivity contribution >= 4 is 27.6 Å². The van der Waals surface area contributed by atoms with E-state index < -0.39 is 0 Å². The minimum absolute atomic E-state index is 0.875. The molecule has 0 aliphatic heterocycles. The van der Waals surface area contributed by atoms with Gasteiger partial charge in [0.1, 0.15) is 0 Å². The maximum absolute atomic E-state index is 4.24. The highest BCUT2D eigenvalue weighted by atomic mass is 79.9. The van der Waals surface area contributed by atoms with Crippen LogP contribution in [0.3, 0.4) is 0 Å². The molecule has 2 rings (SSSR count). The number of hydrogen-bond donors (Lipinski definition) is 1. The fourth-order valence-corrected chi connectivity index (χ4v) is 1.62. The number of aryl methyl sites for hydroxylation is 1. The van der Waals surface area contributed by atoms with Crippen LogP contribution in [-0.2, 0) is 6.54 Å². The largest absolute Gasteiger partial charge is 0.326 e. The lowest BCUT2D eigenvalue weighted by atomic mass is 10.3. The summed E-state index contributed by atoms with van der Waals surface area (Å²) < 4.78 is 3.13. The van der Waals surface area contributed by atoms with Crippen LogP contribution in [0.15, 0.2) is 41.1 Å². The first-order valence-corrected chi connectivity index (χ1v) is 5.62. The number of halogens is 1.